The minimum Gasteiger partial charge on any atom is -0.497 e. The van der Waals surface area contributed by atoms with Crippen molar-refractivity contribution in [2.75, 3.05) is 39.3 Å². The Balaban J connectivity index is 1.75. The van der Waals surface area contributed by atoms with Gasteiger partial charge in [0.25, 0.3) is 0 Å². The summed E-state index contributed by atoms with van der Waals surface area (Å²) in [6, 6.07) is 16.9. The fourth-order valence-electron chi connectivity index (χ4n) is 4.91. The minimum absolute atomic E-state index is 0.109. The van der Waals surface area contributed by atoms with Crippen molar-refractivity contribution in [3.63, 3.8) is 0 Å². The highest BCUT2D eigenvalue weighted by Crippen LogP contribution is 2.40. The summed E-state index contributed by atoms with van der Waals surface area (Å²) in [5.74, 6) is 1.89. The average molecular weight is 453 g/mol. The van der Waals surface area contributed by atoms with Gasteiger partial charge in [0, 0.05) is 46.4 Å². The Morgan fingerprint density at radius 2 is 1.79 bits per heavy atom. The Hall–Kier alpha value is -2.53. The Morgan fingerprint density at radius 1 is 1.12 bits per heavy atom. The summed E-state index contributed by atoms with van der Waals surface area (Å²) in [4.78, 5) is 16.6. The number of hydrogen-bond donors (Lipinski definition) is 0. The summed E-state index contributed by atoms with van der Waals surface area (Å²) in [7, 11) is 5.77. The second kappa shape index (κ2) is 11.1. The van der Waals surface area contributed by atoms with Crippen LogP contribution in [0.3, 0.4) is 0 Å². The van der Waals surface area contributed by atoms with Gasteiger partial charge >= 0.3 is 0 Å². The minimum atomic E-state index is -0.109. The van der Waals surface area contributed by atoms with E-state index in [0.717, 1.165) is 49.4 Å². The highest BCUT2D eigenvalue weighted by Gasteiger charge is 2.34. The van der Waals surface area contributed by atoms with Crippen molar-refractivity contribution in [2.45, 2.75) is 58.1 Å². The number of amides is 1. The predicted octanol–water partition coefficient (Wildman–Crippen LogP) is 5.49. The van der Waals surface area contributed by atoms with Gasteiger partial charge in [-0.1, -0.05) is 24.3 Å². The second-order valence-electron chi connectivity index (χ2n) is 10.0. The fourth-order valence-corrected chi connectivity index (χ4v) is 4.91. The molecule has 1 aliphatic heterocycles. The molecule has 33 heavy (non-hydrogen) atoms. The van der Waals surface area contributed by atoms with E-state index in [1.165, 1.54) is 5.56 Å². The van der Waals surface area contributed by atoms with Crippen LogP contribution in [0.1, 0.15) is 57.1 Å². The van der Waals surface area contributed by atoms with Gasteiger partial charge in [0.1, 0.15) is 5.75 Å². The maximum atomic E-state index is 12.5. The predicted molar refractivity (Wildman–Crippen MR) is 135 cm³/mol. The zero-order valence-electron chi connectivity index (χ0n) is 21.1. The monoisotopic (exact) mass is 452 g/mol. The van der Waals surface area contributed by atoms with Crippen LogP contribution in [0, 0.1) is 5.92 Å². The van der Waals surface area contributed by atoms with E-state index in [1.807, 2.05) is 31.1 Å². The number of anilines is 1. The SMILES string of the molecule is COc1ccc([C@@H](CCN(Cc2ccc(N(C)C)cc2)C(C)=O)[C@H]2CCOC(C)(C)C2)cc1. The first kappa shape index (κ1) is 25.1. The molecule has 0 aromatic heterocycles. The zero-order chi connectivity index (χ0) is 24.0. The van der Waals surface area contributed by atoms with Gasteiger partial charge in [0.05, 0.1) is 12.7 Å². The molecule has 1 fully saturated rings. The quantitative estimate of drug-likeness (QED) is 0.505. The van der Waals surface area contributed by atoms with Gasteiger partial charge < -0.3 is 19.3 Å². The Labute approximate surface area is 199 Å². The number of nitrogens with zero attached hydrogens (tertiary/aromatic N) is 2. The lowest BCUT2D eigenvalue weighted by Crippen LogP contribution is -2.37. The van der Waals surface area contributed by atoms with Gasteiger partial charge in [0.2, 0.25) is 5.91 Å². The lowest BCUT2D eigenvalue weighted by molar-refractivity contribution is -0.129. The molecule has 0 bridgehead atoms. The molecule has 0 unspecified atom stereocenters. The van der Waals surface area contributed by atoms with Crippen molar-refractivity contribution < 1.29 is 14.3 Å². The lowest BCUT2D eigenvalue weighted by Gasteiger charge is -2.40. The number of ether oxygens (including phenoxy) is 2. The standard InChI is InChI=1S/C28H40N2O3/c1-21(31)30(20-22-7-11-25(12-8-22)29(4)5)17-15-27(23-9-13-26(32-6)14-10-23)24-16-18-33-28(2,3)19-24/h7-14,24,27H,15-20H2,1-6H3/t24-,27+/m0/s1. The van der Waals surface area contributed by atoms with Gasteiger partial charge in [-0.25, -0.2) is 0 Å². The highest BCUT2D eigenvalue weighted by molar-refractivity contribution is 5.73. The van der Waals surface area contributed by atoms with Crippen molar-refractivity contribution in [1.82, 2.24) is 4.90 Å². The van der Waals surface area contributed by atoms with Crippen molar-refractivity contribution in [2.24, 2.45) is 5.92 Å². The van der Waals surface area contributed by atoms with Gasteiger partial charge in [0.15, 0.2) is 0 Å². The number of benzene rings is 2. The number of hydrogen-bond acceptors (Lipinski definition) is 4. The molecule has 2 aromatic rings. The third-order valence-electron chi connectivity index (χ3n) is 6.83. The molecule has 3 rings (SSSR count). The van der Waals surface area contributed by atoms with Gasteiger partial charge in [-0.3, -0.25) is 4.79 Å². The summed E-state index contributed by atoms with van der Waals surface area (Å²) < 4.78 is 11.4. The van der Waals surface area contributed by atoms with E-state index in [0.29, 0.717) is 18.4 Å². The van der Waals surface area contributed by atoms with Crippen LogP contribution in [0.4, 0.5) is 5.69 Å². The smallest absolute Gasteiger partial charge is 0.219 e. The Morgan fingerprint density at radius 3 is 2.33 bits per heavy atom. The number of methoxy groups -OCH3 is 1. The second-order valence-corrected chi connectivity index (χ2v) is 10.0. The van der Waals surface area contributed by atoms with E-state index >= 15 is 0 Å². The topological polar surface area (TPSA) is 42.0 Å². The third kappa shape index (κ3) is 6.97. The molecule has 180 valence electrons. The molecule has 5 nitrogen and oxygen atoms in total. The maximum Gasteiger partial charge on any atom is 0.219 e. The van der Waals surface area contributed by atoms with Gasteiger partial charge in [-0.05, 0) is 80.3 Å². The molecule has 2 atom stereocenters. The van der Waals surface area contributed by atoms with Crippen molar-refractivity contribution in [3.8, 4) is 5.75 Å². The summed E-state index contributed by atoms with van der Waals surface area (Å²) in [6.45, 7) is 8.21. The molecule has 0 N–H and O–H groups in total. The molecule has 5 heteroatoms. The first-order valence-electron chi connectivity index (χ1n) is 12.0. The molecule has 0 aliphatic carbocycles. The molecule has 1 heterocycles. The Bertz CT molecular complexity index is 890. The van der Waals surface area contributed by atoms with E-state index < -0.39 is 0 Å². The molecule has 0 saturated carbocycles. The van der Waals surface area contributed by atoms with Crippen LogP contribution in [-0.4, -0.2) is 50.8 Å². The van der Waals surface area contributed by atoms with Crippen LogP contribution < -0.4 is 9.64 Å². The number of carbonyl (C=O) groups is 1. The first-order chi connectivity index (χ1) is 15.7. The molecule has 1 saturated heterocycles. The summed E-state index contributed by atoms with van der Waals surface area (Å²) in [5.41, 5.74) is 3.53. The number of carbonyl (C=O) groups excluding carboxylic acids is 1. The number of rotatable bonds is 9. The van der Waals surface area contributed by atoms with Crippen LogP contribution >= 0.6 is 0 Å². The first-order valence-corrected chi connectivity index (χ1v) is 12.0. The Kier molecular flexibility index (Phi) is 8.41. The van der Waals surface area contributed by atoms with Crippen molar-refractivity contribution in [1.29, 1.82) is 0 Å². The van der Waals surface area contributed by atoms with E-state index in [9.17, 15) is 4.79 Å². The van der Waals surface area contributed by atoms with Crippen LogP contribution in [-0.2, 0) is 16.1 Å². The lowest BCUT2D eigenvalue weighted by atomic mass is 9.75. The third-order valence-corrected chi connectivity index (χ3v) is 6.83. The van der Waals surface area contributed by atoms with E-state index in [4.69, 9.17) is 9.47 Å². The van der Waals surface area contributed by atoms with E-state index in [1.54, 1.807) is 14.0 Å². The van der Waals surface area contributed by atoms with Crippen molar-refractivity contribution in [3.05, 3.63) is 59.7 Å². The maximum absolute atomic E-state index is 12.5. The average Bonchev–Trinajstić information content (AvgIpc) is 2.78. The van der Waals surface area contributed by atoms with Crippen molar-refractivity contribution >= 4 is 11.6 Å². The van der Waals surface area contributed by atoms with E-state index in [2.05, 4.69) is 55.1 Å². The zero-order valence-corrected chi connectivity index (χ0v) is 21.1. The molecular formula is C28H40N2O3. The molecule has 0 spiro atoms. The molecule has 1 amide bonds. The summed E-state index contributed by atoms with van der Waals surface area (Å²) in [5, 5.41) is 0. The molecule has 0 radical (unpaired) electrons. The molecule has 2 aromatic carbocycles. The molecule has 1 aliphatic rings. The molecular weight excluding hydrogens is 412 g/mol. The summed E-state index contributed by atoms with van der Waals surface area (Å²) in [6.07, 6.45) is 3.00. The summed E-state index contributed by atoms with van der Waals surface area (Å²) >= 11 is 0. The van der Waals surface area contributed by atoms with Crippen LogP contribution in [0.2, 0.25) is 0 Å². The largest absolute Gasteiger partial charge is 0.497 e. The highest BCUT2D eigenvalue weighted by atomic mass is 16.5. The van der Waals surface area contributed by atoms with Gasteiger partial charge in [-0.2, -0.15) is 0 Å². The van der Waals surface area contributed by atoms with Crippen LogP contribution in [0.25, 0.3) is 0 Å². The van der Waals surface area contributed by atoms with Crippen LogP contribution in [0.5, 0.6) is 5.75 Å². The van der Waals surface area contributed by atoms with Crippen LogP contribution in [0.15, 0.2) is 48.5 Å². The van der Waals surface area contributed by atoms with E-state index in [-0.39, 0.29) is 11.5 Å². The van der Waals surface area contributed by atoms with Gasteiger partial charge in [-0.15, -0.1) is 0 Å². The normalized spacial score (nSPS) is 18.4. The fraction of sp³-hybridized carbons (Fsp3) is 0.536.